The first kappa shape index (κ1) is 24.7. The van der Waals surface area contributed by atoms with Crippen LogP contribution in [0, 0.1) is 0 Å². The fourth-order valence-corrected chi connectivity index (χ4v) is 6.30. The quantitative estimate of drug-likeness (QED) is 0.473. The van der Waals surface area contributed by atoms with Crippen LogP contribution in [0.5, 0.6) is 5.75 Å². The van der Waals surface area contributed by atoms with E-state index < -0.39 is 26.0 Å². The van der Waals surface area contributed by atoms with Gasteiger partial charge < -0.3 is 10.1 Å². The molecule has 0 spiro atoms. The summed E-state index contributed by atoms with van der Waals surface area (Å²) >= 11 is 0. The molecule has 0 bridgehead atoms. The summed E-state index contributed by atoms with van der Waals surface area (Å²) in [5, 5.41) is 2.68. The molecule has 3 aromatic carbocycles. The molecule has 3 aromatic rings. The molecule has 1 heterocycles. The van der Waals surface area contributed by atoms with Crippen LogP contribution in [-0.4, -0.2) is 47.2 Å². The predicted octanol–water partition coefficient (Wildman–Crippen LogP) is 3.53. The molecule has 35 heavy (non-hydrogen) atoms. The third-order valence-electron chi connectivity index (χ3n) is 5.59. The van der Waals surface area contributed by atoms with Gasteiger partial charge in [0.1, 0.15) is 5.75 Å². The number of nitrogens with one attached hydrogen (secondary N) is 2. The number of hydrogen-bond acceptors (Lipinski definition) is 6. The van der Waals surface area contributed by atoms with Gasteiger partial charge in [0.25, 0.3) is 15.9 Å². The fraction of sp³-hybridized carbons (Fsp3) is 0.208. The van der Waals surface area contributed by atoms with E-state index in [0.29, 0.717) is 30.2 Å². The number of carbonyl (C=O) groups excluding carboxylic acids is 1. The largest absolute Gasteiger partial charge is 0.495 e. The van der Waals surface area contributed by atoms with Crippen molar-refractivity contribution in [2.75, 3.05) is 30.2 Å². The number of anilines is 2. The summed E-state index contributed by atoms with van der Waals surface area (Å²) in [7, 11) is -5.98. The van der Waals surface area contributed by atoms with Crippen LogP contribution in [0.3, 0.4) is 0 Å². The van der Waals surface area contributed by atoms with Gasteiger partial charge in [-0.05, 0) is 73.5 Å². The van der Waals surface area contributed by atoms with Crippen molar-refractivity contribution in [2.45, 2.75) is 22.6 Å². The van der Waals surface area contributed by atoms with Crippen LogP contribution in [0.15, 0.2) is 82.6 Å². The van der Waals surface area contributed by atoms with Crippen LogP contribution in [0.4, 0.5) is 11.4 Å². The van der Waals surface area contributed by atoms with Crippen molar-refractivity contribution in [2.24, 2.45) is 0 Å². The Bertz CT molecular complexity index is 1410. The second-order valence-corrected chi connectivity index (χ2v) is 11.5. The Hall–Kier alpha value is -3.41. The molecule has 11 heteroatoms. The van der Waals surface area contributed by atoms with Crippen molar-refractivity contribution in [1.82, 2.24) is 4.31 Å². The zero-order valence-corrected chi connectivity index (χ0v) is 20.6. The Morgan fingerprint density at radius 2 is 1.43 bits per heavy atom. The van der Waals surface area contributed by atoms with Gasteiger partial charge in [0.05, 0.1) is 22.6 Å². The van der Waals surface area contributed by atoms with Gasteiger partial charge in [-0.25, -0.2) is 16.8 Å². The van der Waals surface area contributed by atoms with Crippen LogP contribution < -0.4 is 14.8 Å². The zero-order valence-electron chi connectivity index (χ0n) is 19.0. The molecular formula is C24H25N3O6S2. The molecule has 0 aromatic heterocycles. The van der Waals surface area contributed by atoms with E-state index in [4.69, 9.17) is 4.74 Å². The van der Waals surface area contributed by atoms with E-state index in [1.165, 1.54) is 59.9 Å². The number of carbonyl (C=O) groups is 1. The lowest BCUT2D eigenvalue weighted by Gasteiger charge is -2.15. The normalized spacial score (nSPS) is 14.4. The number of methoxy groups -OCH3 is 1. The molecule has 0 aliphatic carbocycles. The number of para-hydroxylation sites is 2. The lowest BCUT2D eigenvalue weighted by molar-refractivity contribution is 0.102. The van der Waals surface area contributed by atoms with Gasteiger partial charge in [-0.1, -0.05) is 12.1 Å². The van der Waals surface area contributed by atoms with Crippen LogP contribution >= 0.6 is 0 Å². The molecule has 1 aliphatic heterocycles. The maximum absolute atomic E-state index is 12.7. The van der Waals surface area contributed by atoms with Crippen molar-refractivity contribution in [3.63, 3.8) is 0 Å². The maximum Gasteiger partial charge on any atom is 0.262 e. The van der Waals surface area contributed by atoms with Gasteiger partial charge in [0.2, 0.25) is 10.0 Å². The first-order chi connectivity index (χ1) is 16.7. The van der Waals surface area contributed by atoms with Gasteiger partial charge in [0, 0.05) is 24.3 Å². The Balaban J connectivity index is 1.43. The first-order valence-electron chi connectivity index (χ1n) is 10.9. The molecule has 0 saturated carbocycles. The minimum Gasteiger partial charge on any atom is -0.495 e. The van der Waals surface area contributed by atoms with E-state index >= 15 is 0 Å². The molecule has 0 radical (unpaired) electrons. The molecule has 184 valence electrons. The van der Waals surface area contributed by atoms with E-state index in [0.717, 1.165) is 12.8 Å². The van der Waals surface area contributed by atoms with Gasteiger partial charge in [-0.2, -0.15) is 4.31 Å². The lowest BCUT2D eigenvalue weighted by atomic mass is 10.2. The van der Waals surface area contributed by atoms with Gasteiger partial charge in [-0.3, -0.25) is 9.52 Å². The average Bonchev–Trinajstić information content (AvgIpc) is 3.41. The highest BCUT2D eigenvalue weighted by Gasteiger charge is 2.27. The summed E-state index contributed by atoms with van der Waals surface area (Å²) in [5.41, 5.74) is 0.975. The summed E-state index contributed by atoms with van der Waals surface area (Å²) < 4.78 is 59.8. The second kappa shape index (κ2) is 10.1. The summed E-state index contributed by atoms with van der Waals surface area (Å²) in [6.07, 6.45) is 1.69. The second-order valence-electron chi connectivity index (χ2n) is 7.92. The molecule has 1 amide bonds. The van der Waals surface area contributed by atoms with Crippen LogP contribution in [0.2, 0.25) is 0 Å². The lowest BCUT2D eigenvalue weighted by Crippen LogP contribution is -2.27. The fourth-order valence-electron chi connectivity index (χ4n) is 3.71. The van der Waals surface area contributed by atoms with E-state index in [-0.39, 0.29) is 15.4 Å². The van der Waals surface area contributed by atoms with Gasteiger partial charge in [-0.15, -0.1) is 0 Å². The standard InChI is InChI=1S/C24H25N3O6S2/c1-33-23-7-3-2-6-22(23)26-34(29,30)20-14-10-19(11-15-20)25-24(28)18-8-12-21(13-9-18)35(31,32)27-16-4-5-17-27/h2-3,6-15,26H,4-5,16-17H2,1H3,(H,25,28). The summed E-state index contributed by atoms with van der Waals surface area (Å²) in [6, 6.07) is 18.1. The number of hydrogen-bond donors (Lipinski definition) is 2. The molecule has 0 atom stereocenters. The highest BCUT2D eigenvalue weighted by atomic mass is 32.2. The Morgan fingerprint density at radius 3 is 2.06 bits per heavy atom. The Labute approximate surface area is 204 Å². The van der Waals surface area contributed by atoms with Crippen molar-refractivity contribution in [1.29, 1.82) is 0 Å². The molecule has 1 fully saturated rings. The van der Waals surface area contributed by atoms with Crippen LogP contribution in [-0.2, 0) is 20.0 Å². The topological polar surface area (TPSA) is 122 Å². The molecule has 0 unspecified atom stereocenters. The minimum absolute atomic E-state index is 0.0119. The third kappa shape index (κ3) is 5.47. The van der Waals surface area contributed by atoms with Gasteiger partial charge in [0.15, 0.2) is 0 Å². The van der Waals surface area contributed by atoms with E-state index in [1.54, 1.807) is 24.3 Å². The third-order valence-corrected chi connectivity index (χ3v) is 8.89. The van der Waals surface area contributed by atoms with E-state index in [9.17, 15) is 21.6 Å². The molecular weight excluding hydrogens is 490 g/mol. The SMILES string of the molecule is COc1ccccc1NS(=O)(=O)c1ccc(NC(=O)c2ccc(S(=O)(=O)N3CCCC3)cc2)cc1. The number of amides is 1. The first-order valence-corrected chi connectivity index (χ1v) is 13.8. The molecule has 1 saturated heterocycles. The van der Waals surface area contributed by atoms with Crippen LogP contribution in [0.25, 0.3) is 0 Å². The number of benzene rings is 3. The molecule has 4 rings (SSSR count). The zero-order chi connectivity index (χ0) is 25.1. The summed E-state index contributed by atoms with van der Waals surface area (Å²) in [5.74, 6) is -0.0583. The van der Waals surface area contributed by atoms with Crippen molar-refractivity contribution < 1.29 is 26.4 Å². The van der Waals surface area contributed by atoms with Crippen molar-refractivity contribution in [3.8, 4) is 5.75 Å². The Morgan fingerprint density at radius 1 is 0.829 bits per heavy atom. The van der Waals surface area contributed by atoms with Crippen molar-refractivity contribution in [3.05, 3.63) is 78.4 Å². The molecule has 9 nitrogen and oxygen atoms in total. The van der Waals surface area contributed by atoms with Gasteiger partial charge >= 0.3 is 0 Å². The van der Waals surface area contributed by atoms with E-state index in [2.05, 4.69) is 10.0 Å². The highest BCUT2D eigenvalue weighted by molar-refractivity contribution is 7.92. The van der Waals surface area contributed by atoms with E-state index in [1.807, 2.05) is 0 Å². The Kier molecular flexibility index (Phi) is 7.10. The number of sulfonamides is 2. The predicted molar refractivity (Wildman–Crippen MR) is 133 cm³/mol. The summed E-state index contributed by atoms with van der Waals surface area (Å²) in [4.78, 5) is 12.8. The minimum atomic E-state index is -3.87. The monoisotopic (exact) mass is 515 g/mol. The molecule has 1 aliphatic rings. The highest BCUT2D eigenvalue weighted by Crippen LogP contribution is 2.27. The number of nitrogens with zero attached hydrogens (tertiary/aromatic N) is 1. The smallest absolute Gasteiger partial charge is 0.262 e. The maximum atomic E-state index is 12.7. The van der Waals surface area contributed by atoms with Crippen molar-refractivity contribution >= 4 is 37.3 Å². The average molecular weight is 516 g/mol. The number of rotatable bonds is 8. The van der Waals surface area contributed by atoms with Crippen LogP contribution in [0.1, 0.15) is 23.2 Å². The molecule has 2 N–H and O–H groups in total. The summed E-state index contributed by atoms with van der Waals surface area (Å²) in [6.45, 7) is 1.01. The number of ether oxygens (including phenoxy) is 1.